The maximum Gasteiger partial charge on any atom is 0.331 e. The van der Waals surface area contributed by atoms with E-state index in [0.717, 1.165) is 37.8 Å². The first-order chi connectivity index (χ1) is 16.8. The van der Waals surface area contributed by atoms with E-state index in [9.17, 15) is 10.1 Å². The molecule has 5 aliphatic rings. The molecule has 0 radical (unpaired) electrons. The monoisotopic (exact) mass is 492 g/mol. The molecule has 5 fully saturated rings. The molecule has 0 amide bonds. The van der Waals surface area contributed by atoms with Gasteiger partial charge in [-0.05, 0) is 117 Å². The van der Waals surface area contributed by atoms with Crippen LogP contribution in [0.2, 0.25) is 0 Å². The van der Waals surface area contributed by atoms with Gasteiger partial charge < -0.3 is 4.84 Å². The Morgan fingerprint density at radius 1 is 0.944 bits per heavy atom. The molecule has 36 heavy (non-hydrogen) atoms. The first-order valence-electron chi connectivity index (χ1n) is 14.6. The lowest BCUT2D eigenvalue weighted by molar-refractivity contribution is -0.223. The molecule has 0 bridgehead atoms. The van der Waals surface area contributed by atoms with Crippen molar-refractivity contribution >= 4 is 11.7 Å². The number of rotatable bonds is 2. The van der Waals surface area contributed by atoms with Gasteiger partial charge >= 0.3 is 5.97 Å². The van der Waals surface area contributed by atoms with E-state index >= 15 is 0 Å². The number of oxime groups is 1. The van der Waals surface area contributed by atoms with Crippen LogP contribution in [0.4, 0.5) is 0 Å². The van der Waals surface area contributed by atoms with Gasteiger partial charge in [-0.15, -0.1) is 0 Å². The van der Waals surface area contributed by atoms with Crippen molar-refractivity contribution in [2.45, 2.75) is 113 Å². The van der Waals surface area contributed by atoms with Crippen LogP contribution in [0.5, 0.6) is 0 Å². The fraction of sp³-hybridized carbons (Fsp3) is 0.844. The average Bonchev–Trinajstić information content (AvgIpc) is 3.19. The number of hydrogen-bond acceptors (Lipinski definition) is 4. The maximum atomic E-state index is 11.5. The molecule has 5 rings (SSSR count). The molecule has 0 aromatic carbocycles. The predicted octanol–water partition coefficient (Wildman–Crippen LogP) is 8.09. The Bertz CT molecular complexity index is 1040. The third-order valence-corrected chi connectivity index (χ3v) is 13.4. The quantitative estimate of drug-likeness (QED) is 0.222. The van der Waals surface area contributed by atoms with E-state index in [1.807, 2.05) is 0 Å². The van der Waals surface area contributed by atoms with Gasteiger partial charge in [0.15, 0.2) is 0 Å². The fourth-order valence-electron chi connectivity index (χ4n) is 11.4. The van der Waals surface area contributed by atoms with Gasteiger partial charge in [0.25, 0.3) is 0 Å². The van der Waals surface area contributed by atoms with E-state index in [1.54, 1.807) is 0 Å². The second-order valence-corrected chi connectivity index (χ2v) is 14.8. The largest absolute Gasteiger partial charge is 0.331 e. The first kappa shape index (κ1) is 26.0. The molecule has 0 N–H and O–H groups in total. The van der Waals surface area contributed by atoms with E-state index in [2.05, 4.69) is 59.3 Å². The molecule has 0 aliphatic heterocycles. The van der Waals surface area contributed by atoms with Crippen LogP contribution in [-0.2, 0) is 9.63 Å². The van der Waals surface area contributed by atoms with Crippen LogP contribution in [0.3, 0.4) is 0 Å². The minimum Gasteiger partial charge on any atom is -0.319 e. The number of hydrogen-bond donors (Lipinski definition) is 0. The zero-order valence-electron chi connectivity index (χ0n) is 23.9. The van der Waals surface area contributed by atoms with Crippen LogP contribution >= 0.6 is 0 Å². The van der Waals surface area contributed by atoms with Crippen molar-refractivity contribution in [1.29, 1.82) is 5.26 Å². The summed E-state index contributed by atoms with van der Waals surface area (Å²) in [6.07, 6.45) is 11.5. The summed E-state index contributed by atoms with van der Waals surface area (Å²) in [6, 6.07) is 2.90. The summed E-state index contributed by atoms with van der Waals surface area (Å²) >= 11 is 0. The molecule has 4 unspecified atom stereocenters. The van der Waals surface area contributed by atoms with Gasteiger partial charge in [-0.25, -0.2) is 4.79 Å². The molecular formula is C32H48N2O2. The van der Waals surface area contributed by atoms with Gasteiger partial charge in [-0.2, -0.15) is 5.26 Å². The van der Waals surface area contributed by atoms with Gasteiger partial charge in [0, 0.05) is 12.3 Å². The van der Waals surface area contributed by atoms with Crippen LogP contribution in [0, 0.1) is 68.0 Å². The Balaban J connectivity index is 1.51. The van der Waals surface area contributed by atoms with Crippen molar-refractivity contribution in [1.82, 2.24) is 0 Å². The number of allylic oxidation sites excluding steroid dienone is 1. The van der Waals surface area contributed by atoms with E-state index in [1.165, 1.54) is 44.6 Å². The van der Waals surface area contributed by atoms with Crippen molar-refractivity contribution in [3.05, 3.63) is 12.2 Å². The molecule has 0 heterocycles. The Hall–Kier alpha value is -1.63. The zero-order valence-corrected chi connectivity index (χ0v) is 23.9. The van der Waals surface area contributed by atoms with Gasteiger partial charge in [0.2, 0.25) is 0 Å². The molecule has 0 aromatic rings. The van der Waals surface area contributed by atoms with Crippen LogP contribution in [0.1, 0.15) is 113 Å². The number of carbonyl (C=O) groups excluding carboxylic acids is 1. The van der Waals surface area contributed by atoms with Gasteiger partial charge in [-0.3, -0.25) is 0 Å². The highest BCUT2D eigenvalue weighted by Gasteiger charge is 2.70. The standard InChI is InChI=1S/C32H48N2O2/c1-20(2)22-11-16-32(19-33)18-17-30(7)23(27(22)32)9-10-25-29(6)14-13-26(34-36-21(3)35)28(4,5)24(29)12-15-31(25,30)8/h22-25,27H,1,9-18H2,2-8H3/b34-26+/t22-,23?,24?,25?,27?,29-,30+,31+,32+/m0/s1. The first-order valence-corrected chi connectivity index (χ1v) is 14.6. The van der Waals surface area contributed by atoms with Crippen molar-refractivity contribution in [2.24, 2.45) is 61.8 Å². The second-order valence-electron chi connectivity index (χ2n) is 14.8. The summed E-state index contributed by atoms with van der Waals surface area (Å²) in [5.41, 5.74) is 2.98. The van der Waals surface area contributed by atoms with Gasteiger partial charge in [-0.1, -0.05) is 51.9 Å². The third kappa shape index (κ3) is 3.23. The van der Waals surface area contributed by atoms with Crippen LogP contribution in [0.25, 0.3) is 0 Å². The minimum atomic E-state index is -0.333. The van der Waals surface area contributed by atoms with Crippen molar-refractivity contribution < 1.29 is 9.63 Å². The van der Waals surface area contributed by atoms with Gasteiger partial charge in [0.1, 0.15) is 0 Å². The Morgan fingerprint density at radius 3 is 2.31 bits per heavy atom. The maximum absolute atomic E-state index is 11.5. The lowest BCUT2D eigenvalue weighted by Gasteiger charge is -2.72. The van der Waals surface area contributed by atoms with Crippen molar-refractivity contribution in [3.63, 3.8) is 0 Å². The highest BCUT2D eigenvalue weighted by molar-refractivity contribution is 5.91. The van der Waals surface area contributed by atoms with E-state index < -0.39 is 0 Å². The van der Waals surface area contributed by atoms with Crippen LogP contribution in [-0.4, -0.2) is 11.7 Å². The fourth-order valence-corrected chi connectivity index (χ4v) is 11.4. The lowest BCUT2D eigenvalue weighted by Crippen LogP contribution is -2.66. The summed E-state index contributed by atoms with van der Waals surface area (Å²) in [5.74, 6) is 2.50. The predicted molar refractivity (Wildman–Crippen MR) is 144 cm³/mol. The van der Waals surface area contributed by atoms with E-state index in [4.69, 9.17) is 4.84 Å². The van der Waals surface area contributed by atoms with E-state index in [-0.39, 0.29) is 33.0 Å². The molecule has 0 spiro atoms. The summed E-state index contributed by atoms with van der Waals surface area (Å²) in [7, 11) is 0. The molecule has 4 nitrogen and oxygen atoms in total. The average molecular weight is 493 g/mol. The number of nitrogens with zero attached hydrogens (tertiary/aromatic N) is 2. The SMILES string of the molecule is C=C(C)[C@@H]1CC[C@]2(C#N)CC[C@]3(C)C(CCC4[C@@]5(C)CC/C(=N\OC(C)=O)C(C)(C)C5CC[C@]43C)C12. The van der Waals surface area contributed by atoms with Crippen LogP contribution < -0.4 is 0 Å². The number of nitriles is 1. The molecule has 0 saturated heterocycles. The second kappa shape index (κ2) is 8.18. The minimum absolute atomic E-state index is 0.0689. The lowest BCUT2D eigenvalue weighted by atomic mass is 9.32. The molecular weight excluding hydrogens is 444 g/mol. The Labute approximate surface area is 219 Å². The molecule has 5 saturated carbocycles. The molecule has 9 atom stereocenters. The summed E-state index contributed by atoms with van der Waals surface area (Å²) in [6.45, 7) is 20.6. The molecule has 0 aromatic heterocycles. The smallest absolute Gasteiger partial charge is 0.319 e. The summed E-state index contributed by atoms with van der Waals surface area (Å²) in [5, 5.41) is 14.8. The topological polar surface area (TPSA) is 62.4 Å². The molecule has 5 aliphatic carbocycles. The normalized spacial score (nSPS) is 50.2. The molecule has 198 valence electrons. The third-order valence-electron chi connectivity index (χ3n) is 13.4. The summed E-state index contributed by atoms with van der Waals surface area (Å²) < 4.78 is 0. The van der Waals surface area contributed by atoms with Crippen LogP contribution in [0.15, 0.2) is 17.3 Å². The highest BCUT2D eigenvalue weighted by Crippen LogP contribution is 2.77. The Morgan fingerprint density at radius 2 is 1.67 bits per heavy atom. The van der Waals surface area contributed by atoms with Crippen molar-refractivity contribution in [3.8, 4) is 6.07 Å². The Kier molecular flexibility index (Phi) is 5.91. The van der Waals surface area contributed by atoms with Crippen molar-refractivity contribution in [2.75, 3.05) is 0 Å². The number of carbonyl (C=O) groups is 1. The molecule has 4 heteroatoms. The zero-order chi connectivity index (χ0) is 26.3. The highest BCUT2D eigenvalue weighted by atomic mass is 16.7. The van der Waals surface area contributed by atoms with E-state index in [0.29, 0.717) is 29.6 Å². The number of fused-ring (bicyclic) bond motifs is 7. The van der Waals surface area contributed by atoms with Gasteiger partial charge in [0.05, 0.1) is 17.2 Å². The summed E-state index contributed by atoms with van der Waals surface area (Å²) in [4.78, 5) is 16.6.